The van der Waals surface area contributed by atoms with Gasteiger partial charge in [0.1, 0.15) is 0 Å². The summed E-state index contributed by atoms with van der Waals surface area (Å²) < 4.78 is 38.8. The molecule has 3 rings (SSSR count). The molecule has 1 N–H and O–H groups in total. The molecule has 0 atom stereocenters. The highest BCUT2D eigenvalue weighted by Crippen LogP contribution is 2.34. The van der Waals surface area contributed by atoms with E-state index in [1.807, 2.05) is 0 Å². The van der Waals surface area contributed by atoms with E-state index in [1.165, 1.54) is 11.1 Å². The van der Waals surface area contributed by atoms with Crippen molar-refractivity contribution in [2.24, 2.45) is 0 Å². The Morgan fingerprint density at radius 2 is 1.97 bits per heavy atom. The first kappa shape index (κ1) is 20.9. The highest BCUT2D eigenvalue weighted by atomic mass is 35.5. The molecule has 29 heavy (non-hydrogen) atoms. The van der Waals surface area contributed by atoms with E-state index in [4.69, 9.17) is 11.6 Å². The summed E-state index contributed by atoms with van der Waals surface area (Å²) >= 11 is 5.96. The van der Waals surface area contributed by atoms with Gasteiger partial charge in [-0.15, -0.1) is 0 Å². The van der Waals surface area contributed by atoms with Gasteiger partial charge in [-0.25, -0.2) is 4.79 Å². The molecule has 10 heteroatoms. The number of halogens is 4. The molecule has 0 radical (unpaired) electrons. The molecule has 1 aromatic carbocycles. The summed E-state index contributed by atoms with van der Waals surface area (Å²) in [5.41, 5.74) is 0.623. The number of amides is 3. The lowest BCUT2D eigenvalue weighted by Crippen LogP contribution is -2.42. The van der Waals surface area contributed by atoms with Crippen LogP contribution in [0.5, 0.6) is 0 Å². The van der Waals surface area contributed by atoms with Crippen LogP contribution in [-0.2, 0) is 19.1 Å². The van der Waals surface area contributed by atoms with Gasteiger partial charge in [0.2, 0.25) is 0 Å². The maximum Gasteiger partial charge on any atom is 0.416 e. The maximum absolute atomic E-state index is 12.9. The van der Waals surface area contributed by atoms with Gasteiger partial charge in [-0.2, -0.15) is 13.2 Å². The second-order valence-electron chi connectivity index (χ2n) is 6.82. The molecular formula is C19H18ClF3N4O2. The molecular weight excluding hydrogens is 409 g/mol. The number of hydrogen-bond acceptors (Lipinski definition) is 3. The largest absolute Gasteiger partial charge is 0.416 e. The number of rotatable bonds is 2. The van der Waals surface area contributed by atoms with Crippen molar-refractivity contribution in [3.05, 3.63) is 57.9 Å². The molecule has 1 aliphatic rings. The minimum absolute atomic E-state index is 0.00753. The predicted molar refractivity (Wildman–Crippen MR) is 102 cm³/mol. The Labute approximate surface area is 170 Å². The van der Waals surface area contributed by atoms with Crippen LogP contribution in [0.4, 0.5) is 23.7 Å². The number of anilines is 1. The minimum Gasteiger partial charge on any atom is -0.331 e. The Bertz CT molecular complexity index is 963. The van der Waals surface area contributed by atoms with Crippen molar-refractivity contribution in [2.45, 2.75) is 19.1 Å². The van der Waals surface area contributed by atoms with Gasteiger partial charge < -0.3 is 15.1 Å². The van der Waals surface area contributed by atoms with Gasteiger partial charge in [0, 0.05) is 39.6 Å². The zero-order chi connectivity index (χ0) is 21.3. The van der Waals surface area contributed by atoms with Gasteiger partial charge in [-0.1, -0.05) is 11.6 Å². The lowest BCUT2D eigenvalue weighted by molar-refractivity contribution is -0.137. The molecule has 1 aliphatic heterocycles. The van der Waals surface area contributed by atoms with Gasteiger partial charge in [-0.3, -0.25) is 9.78 Å². The molecule has 3 amide bonds. The topological polar surface area (TPSA) is 65.5 Å². The van der Waals surface area contributed by atoms with Crippen molar-refractivity contribution < 1.29 is 22.8 Å². The van der Waals surface area contributed by atoms with Crippen molar-refractivity contribution >= 4 is 29.2 Å². The molecule has 0 fully saturated rings. The molecule has 0 saturated heterocycles. The van der Waals surface area contributed by atoms with Crippen LogP contribution in [0.1, 0.15) is 27.0 Å². The quantitative estimate of drug-likeness (QED) is 0.788. The van der Waals surface area contributed by atoms with Crippen molar-refractivity contribution in [3.8, 4) is 0 Å². The van der Waals surface area contributed by atoms with E-state index < -0.39 is 17.6 Å². The molecule has 0 aliphatic carbocycles. The third-order valence-electron chi connectivity index (χ3n) is 4.58. The van der Waals surface area contributed by atoms with Crippen LogP contribution in [-0.4, -0.2) is 47.4 Å². The first-order valence-electron chi connectivity index (χ1n) is 8.68. The number of aromatic nitrogens is 1. The van der Waals surface area contributed by atoms with Crippen LogP contribution < -0.4 is 5.32 Å². The van der Waals surface area contributed by atoms with E-state index in [-0.39, 0.29) is 22.3 Å². The Hall–Kier alpha value is -2.81. The number of alkyl halides is 3. The number of hydrogen-bond donors (Lipinski definition) is 1. The Morgan fingerprint density at radius 3 is 2.62 bits per heavy atom. The number of fused-ring (bicyclic) bond motifs is 1. The number of benzene rings is 1. The predicted octanol–water partition coefficient (Wildman–Crippen LogP) is 4.05. The highest BCUT2D eigenvalue weighted by Gasteiger charge is 2.31. The molecule has 2 aromatic rings. The Kier molecular flexibility index (Phi) is 5.70. The van der Waals surface area contributed by atoms with Gasteiger partial charge in [-0.05, 0) is 35.7 Å². The monoisotopic (exact) mass is 426 g/mol. The molecule has 0 bridgehead atoms. The summed E-state index contributed by atoms with van der Waals surface area (Å²) in [5, 5.41) is 2.43. The molecule has 0 spiro atoms. The van der Waals surface area contributed by atoms with Crippen molar-refractivity contribution in [1.82, 2.24) is 14.8 Å². The second kappa shape index (κ2) is 7.90. The average Bonchev–Trinajstić information content (AvgIpc) is 2.67. The normalized spacial score (nSPS) is 13.7. The smallest absolute Gasteiger partial charge is 0.331 e. The van der Waals surface area contributed by atoms with E-state index >= 15 is 0 Å². The number of carbonyl (C=O) groups excluding carboxylic acids is 2. The van der Waals surface area contributed by atoms with Crippen molar-refractivity contribution in [3.63, 3.8) is 0 Å². The number of nitrogens with zero attached hydrogens (tertiary/aromatic N) is 3. The Balaban J connectivity index is 1.86. The third-order valence-corrected chi connectivity index (χ3v) is 4.91. The van der Waals surface area contributed by atoms with Crippen LogP contribution in [0, 0.1) is 0 Å². The first-order chi connectivity index (χ1) is 13.6. The minimum atomic E-state index is -4.56. The fourth-order valence-corrected chi connectivity index (χ4v) is 3.29. The van der Waals surface area contributed by atoms with Gasteiger partial charge in [0.25, 0.3) is 5.91 Å². The second-order valence-corrected chi connectivity index (χ2v) is 7.23. The summed E-state index contributed by atoms with van der Waals surface area (Å²) in [7, 11) is 3.30. The first-order valence-corrected chi connectivity index (χ1v) is 9.06. The molecule has 1 aromatic heterocycles. The van der Waals surface area contributed by atoms with E-state index in [0.717, 1.165) is 18.2 Å². The standard InChI is InChI=1S/C19H18ClF3N4O2/c1-26(2)18(29)27-6-5-13-11(10-27)8-24-9-14(13)17(28)25-16-7-12(19(21,22)23)3-4-15(16)20/h3-4,7-9H,5-6,10H2,1-2H3,(H,25,28). The summed E-state index contributed by atoms with van der Waals surface area (Å²) in [5.74, 6) is -0.608. The fourth-order valence-electron chi connectivity index (χ4n) is 3.12. The summed E-state index contributed by atoms with van der Waals surface area (Å²) in [6.45, 7) is 0.712. The number of urea groups is 1. The lowest BCUT2D eigenvalue weighted by atomic mass is 9.96. The Morgan fingerprint density at radius 1 is 1.24 bits per heavy atom. The van der Waals surface area contributed by atoms with Crippen molar-refractivity contribution in [1.29, 1.82) is 0 Å². The summed E-state index contributed by atoms with van der Waals surface area (Å²) in [6, 6.07) is 2.57. The average molecular weight is 427 g/mol. The molecule has 0 saturated carbocycles. The van der Waals surface area contributed by atoms with Crippen LogP contribution in [0.2, 0.25) is 5.02 Å². The van der Waals surface area contributed by atoms with E-state index in [2.05, 4.69) is 10.3 Å². The zero-order valence-corrected chi connectivity index (χ0v) is 16.4. The molecule has 154 valence electrons. The van der Waals surface area contributed by atoms with Gasteiger partial charge >= 0.3 is 12.2 Å². The molecule has 6 nitrogen and oxygen atoms in total. The molecule has 0 unspecified atom stereocenters. The number of nitrogens with one attached hydrogen (secondary N) is 1. The van der Waals surface area contributed by atoms with Crippen LogP contribution in [0.15, 0.2) is 30.6 Å². The van der Waals surface area contributed by atoms with E-state index in [0.29, 0.717) is 30.6 Å². The van der Waals surface area contributed by atoms with Crippen LogP contribution >= 0.6 is 11.6 Å². The van der Waals surface area contributed by atoms with Gasteiger partial charge in [0.05, 0.1) is 21.8 Å². The highest BCUT2D eigenvalue weighted by molar-refractivity contribution is 6.34. The van der Waals surface area contributed by atoms with E-state index in [1.54, 1.807) is 25.2 Å². The summed E-state index contributed by atoms with van der Waals surface area (Å²) in [6.07, 6.45) is -1.19. The van der Waals surface area contributed by atoms with Crippen LogP contribution in [0.3, 0.4) is 0 Å². The maximum atomic E-state index is 12.9. The third kappa shape index (κ3) is 4.45. The van der Waals surface area contributed by atoms with Crippen LogP contribution in [0.25, 0.3) is 0 Å². The molecule has 2 heterocycles. The van der Waals surface area contributed by atoms with E-state index in [9.17, 15) is 22.8 Å². The number of carbonyl (C=O) groups is 2. The summed E-state index contributed by atoms with van der Waals surface area (Å²) in [4.78, 5) is 32.1. The number of pyridine rings is 1. The SMILES string of the molecule is CN(C)C(=O)N1CCc2c(cncc2C(=O)Nc2cc(C(F)(F)F)ccc2Cl)C1. The zero-order valence-electron chi connectivity index (χ0n) is 15.7. The lowest BCUT2D eigenvalue weighted by Gasteiger charge is -2.31. The van der Waals surface area contributed by atoms with Crippen molar-refractivity contribution in [2.75, 3.05) is 26.0 Å². The fraction of sp³-hybridized carbons (Fsp3) is 0.316. The van der Waals surface area contributed by atoms with Gasteiger partial charge in [0.15, 0.2) is 0 Å².